The average Bonchev–Trinajstić information content (AvgIpc) is 2.65. The number of nitrogens with two attached hydrogens (primary N) is 1. The van der Waals surface area contributed by atoms with Crippen LogP contribution >= 0.6 is 0 Å². The number of ether oxygens (including phenoxy) is 3. The molecular formula is C18H22N2O6S. The Kier molecular flexibility index (Phi) is 7.03. The van der Waals surface area contributed by atoms with Crippen molar-refractivity contribution in [2.24, 2.45) is 5.14 Å². The van der Waals surface area contributed by atoms with Crippen molar-refractivity contribution in [2.45, 2.75) is 11.8 Å². The van der Waals surface area contributed by atoms with Gasteiger partial charge in [-0.25, -0.2) is 13.6 Å². The van der Waals surface area contributed by atoms with Crippen molar-refractivity contribution in [1.82, 2.24) is 5.32 Å². The minimum Gasteiger partial charge on any atom is -0.496 e. The van der Waals surface area contributed by atoms with E-state index >= 15 is 0 Å². The molecule has 0 aliphatic rings. The van der Waals surface area contributed by atoms with Gasteiger partial charge in [0.25, 0.3) is 5.91 Å². The molecular weight excluding hydrogens is 372 g/mol. The molecule has 27 heavy (non-hydrogen) atoms. The highest BCUT2D eigenvalue weighted by Gasteiger charge is 2.17. The molecule has 9 heteroatoms. The summed E-state index contributed by atoms with van der Waals surface area (Å²) in [4.78, 5) is 12.2. The minimum atomic E-state index is -3.92. The Morgan fingerprint density at radius 2 is 1.70 bits per heavy atom. The Labute approximate surface area is 158 Å². The zero-order chi connectivity index (χ0) is 19.9. The van der Waals surface area contributed by atoms with E-state index in [0.29, 0.717) is 12.4 Å². The van der Waals surface area contributed by atoms with Crippen LogP contribution in [0, 0.1) is 0 Å². The quantitative estimate of drug-likeness (QED) is 0.623. The minimum absolute atomic E-state index is 0.0742. The van der Waals surface area contributed by atoms with Crippen molar-refractivity contribution >= 4 is 15.9 Å². The predicted octanol–water partition coefficient (Wildman–Crippen LogP) is 1.55. The zero-order valence-electron chi connectivity index (χ0n) is 15.1. The van der Waals surface area contributed by atoms with Gasteiger partial charge in [0.1, 0.15) is 23.9 Å². The van der Waals surface area contributed by atoms with E-state index in [0.717, 1.165) is 5.75 Å². The molecule has 0 fully saturated rings. The summed E-state index contributed by atoms with van der Waals surface area (Å²) in [6.07, 6.45) is 0. The van der Waals surface area contributed by atoms with Crippen molar-refractivity contribution in [2.75, 3.05) is 26.9 Å². The zero-order valence-corrected chi connectivity index (χ0v) is 15.9. The average molecular weight is 394 g/mol. The number of amides is 1. The number of nitrogens with one attached hydrogen (secondary N) is 1. The smallest absolute Gasteiger partial charge is 0.255 e. The molecule has 0 unspecified atom stereocenters. The van der Waals surface area contributed by atoms with E-state index < -0.39 is 15.9 Å². The van der Waals surface area contributed by atoms with Gasteiger partial charge in [-0.05, 0) is 49.4 Å². The number of methoxy groups -OCH3 is 1. The fourth-order valence-electron chi connectivity index (χ4n) is 2.27. The van der Waals surface area contributed by atoms with E-state index in [2.05, 4.69) is 5.32 Å². The van der Waals surface area contributed by atoms with Crippen LogP contribution in [0.1, 0.15) is 17.3 Å². The number of sulfonamides is 1. The standard InChI is InChI=1S/C18H22N2O6S/c1-3-25-13-4-6-14(7-5-13)26-11-10-20-18(21)16-12-15(27(19,22)23)8-9-17(16)24-2/h4-9,12H,3,10-11H2,1-2H3,(H,20,21)(H2,19,22,23). The summed E-state index contributed by atoms with van der Waals surface area (Å²) in [5, 5.41) is 7.75. The maximum Gasteiger partial charge on any atom is 0.255 e. The molecule has 0 aliphatic heterocycles. The molecule has 0 spiro atoms. The summed E-state index contributed by atoms with van der Waals surface area (Å²) in [7, 11) is -2.54. The molecule has 0 saturated carbocycles. The molecule has 2 aromatic rings. The Morgan fingerprint density at radius 3 is 2.26 bits per heavy atom. The number of carbonyl (C=O) groups excluding carboxylic acids is 1. The van der Waals surface area contributed by atoms with Crippen LogP contribution in [-0.2, 0) is 10.0 Å². The van der Waals surface area contributed by atoms with E-state index in [-0.39, 0.29) is 29.4 Å². The van der Waals surface area contributed by atoms with Crippen LogP contribution < -0.4 is 24.7 Å². The molecule has 0 aromatic heterocycles. The summed E-state index contributed by atoms with van der Waals surface area (Å²) in [6.45, 7) is 2.94. The van der Waals surface area contributed by atoms with E-state index in [9.17, 15) is 13.2 Å². The summed E-state index contributed by atoms with van der Waals surface area (Å²) in [6, 6.07) is 11.0. The van der Waals surface area contributed by atoms with Crippen LogP contribution in [0.2, 0.25) is 0 Å². The molecule has 3 N–H and O–H groups in total. The molecule has 2 rings (SSSR count). The first-order valence-corrected chi connectivity index (χ1v) is 9.74. The highest BCUT2D eigenvalue weighted by molar-refractivity contribution is 7.89. The van der Waals surface area contributed by atoms with Gasteiger partial charge in [0.2, 0.25) is 10.0 Å². The number of hydrogen-bond acceptors (Lipinski definition) is 6. The predicted molar refractivity (Wildman–Crippen MR) is 99.8 cm³/mol. The van der Waals surface area contributed by atoms with Crippen molar-refractivity contribution in [3.05, 3.63) is 48.0 Å². The SMILES string of the molecule is CCOc1ccc(OCCNC(=O)c2cc(S(N)(=O)=O)ccc2OC)cc1. The van der Waals surface area contributed by atoms with E-state index in [1.165, 1.54) is 25.3 Å². The Bertz CT molecular complexity index is 881. The highest BCUT2D eigenvalue weighted by atomic mass is 32.2. The van der Waals surface area contributed by atoms with Crippen molar-refractivity contribution in [3.63, 3.8) is 0 Å². The molecule has 0 bridgehead atoms. The van der Waals surface area contributed by atoms with Gasteiger partial charge in [-0.15, -0.1) is 0 Å². The lowest BCUT2D eigenvalue weighted by Gasteiger charge is -2.11. The van der Waals surface area contributed by atoms with Crippen LogP contribution in [0.5, 0.6) is 17.2 Å². The number of rotatable bonds is 9. The second-order valence-corrected chi connectivity index (χ2v) is 6.98. The second-order valence-electron chi connectivity index (χ2n) is 5.42. The van der Waals surface area contributed by atoms with Gasteiger partial charge in [0.15, 0.2) is 0 Å². The molecule has 0 aliphatic carbocycles. The Balaban J connectivity index is 1.93. The maximum atomic E-state index is 12.3. The fraction of sp³-hybridized carbons (Fsp3) is 0.278. The van der Waals surface area contributed by atoms with Gasteiger partial charge in [-0.2, -0.15) is 0 Å². The van der Waals surface area contributed by atoms with Crippen molar-refractivity contribution < 1.29 is 27.4 Å². The first-order valence-electron chi connectivity index (χ1n) is 8.20. The van der Waals surface area contributed by atoms with E-state index in [4.69, 9.17) is 19.3 Å². The van der Waals surface area contributed by atoms with Crippen LogP contribution in [-0.4, -0.2) is 41.2 Å². The van der Waals surface area contributed by atoms with Gasteiger partial charge in [-0.1, -0.05) is 0 Å². The highest BCUT2D eigenvalue weighted by Crippen LogP contribution is 2.22. The van der Waals surface area contributed by atoms with Crippen LogP contribution in [0.4, 0.5) is 0 Å². The number of carbonyl (C=O) groups is 1. The number of primary sulfonamides is 1. The van der Waals surface area contributed by atoms with Crippen LogP contribution in [0.15, 0.2) is 47.4 Å². The van der Waals surface area contributed by atoms with Gasteiger partial charge in [0, 0.05) is 0 Å². The molecule has 146 valence electrons. The summed E-state index contributed by atoms with van der Waals surface area (Å²) < 4.78 is 38.9. The third-order valence-corrected chi connectivity index (χ3v) is 4.45. The molecule has 2 aromatic carbocycles. The first kappa shape index (κ1) is 20.5. The van der Waals surface area contributed by atoms with E-state index in [1.807, 2.05) is 6.92 Å². The lowest BCUT2D eigenvalue weighted by Crippen LogP contribution is -2.28. The molecule has 0 radical (unpaired) electrons. The Hall–Kier alpha value is -2.78. The molecule has 0 saturated heterocycles. The summed E-state index contributed by atoms with van der Waals surface area (Å²) in [5.74, 6) is 1.14. The van der Waals surface area contributed by atoms with Crippen LogP contribution in [0.25, 0.3) is 0 Å². The third kappa shape index (κ3) is 5.87. The van der Waals surface area contributed by atoms with Gasteiger partial charge >= 0.3 is 0 Å². The monoisotopic (exact) mass is 394 g/mol. The molecule has 0 heterocycles. The molecule has 0 atom stereocenters. The van der Waals surface area contributed by atoms with E-state index in [1.54, 1.807) is 24.3 Å². The van der Waals surface area contributed by atoms with Gasteiger partial charge < -0.3 is 19.5 Å². The molecule has 1 amide bonds. The van der Waals surface area contributed by atoms with Gasteiger partial charge in [0.05, 0.1) is 30.7 Å². The normalized spacial score (nSPS) is 10.9. The fourth-order valence-corrected chi connectivity index (χ4v) is 2.81. The number of benzene rings is 2. The lowest BCUT2D eigenvalue weighted by atomic mass is 10.2. The second kappa shape index (κ2) is 9.24. The number of hydrogen-bond donors (Lipinski definition) is 2. The summed E-state index contributed by atoms with van der Waals surface area (Å²) in [5.41, 5.74) is 0.0742. The van der Waals surface area contributed by atoms with Crippen molar-refractivity contribution in [1.29, 1.82) is 0 Å². The topological polar surface area (TPSA) is 117 Å². The largest absolute Gasteiger partial charge is 0.496 e. The van der Waals surface area contributed by atoms with Crippen LogP contribution in [0.3, 0.4) is 0 Å². The maximum absolute atomic E-state index is 12.3. The summed E-state index contributed by atoms with van der Waals surface area (Å²) >= 11 is 0. The molecule has 8 nitrogen and oxygen atoms in total. The van der Waals surface area contributed by atoms with Gasteiger partial charge in [-0.3, -0.25) is 4.79 Å². The lowest BCUT2D eigenvalue weighted by molar-refractivity contribution is 0.0943. The van der Waals surface area contributed by atoms with Crippen molar-refractivity contribution in [3.8, 4) is 17.2 Å². The third-order valence-electron chi connectivity index (χ3n) is 3.54. The first-order chi connectivity index (χ1) is 12.8. The Morgan fingerprint density at radius 1 is 1.07 bits per heavy atom.